The quantitative estimate of drug-likeness (QED) is 0.0171. The van der Waals surface area contributed by atoms with Crippen molar-refractivity contribution < 1.29 is 196 Å². The van der Waals surface area contributed by atoms with Gasteiger partial charge >= 0.3 is 84.0 Å². The highest BCUT2D eigenvalue weighted by molar-refractivity contribution is 5.69. The molecule has 99 heavy (non-hydrogen) atoms. The van der Waals surface area contributed by atoms with Crippen molar-refractivity contribution in [2.75, 3.05) is 79.3 Å². The van der Waals surface area contributed by atoms with Crippen molar-refractivity contribution in [1.29, 1.82) is 0 Å². The van der Waals surface area contributed by atoms with Crippen LogP contribution in [0.3, 0.4) is 0 Å². The molecule has 0 saturated heterocycles. The molecule has 42 heteroatoms. The maximum Gasteiger partial charge on any atom is 0.372 e. The number of aliphatic hydroxyl groups excluding tert-OH is 2. The van der Waals surface area contributed by atoms with E-state index in [1.807, 2.05) is 0 Å². The van der Waals surface area contributed by atoms with E-state index >= 15 is 0 Å². The van der Waals surface area contributed by atoms with Crippen LogP contribution in [-0.4, -0.2) is 227 Å². The van der Waals surface area contributed by atoms with Gasteiger partial charge in [0.05, 0.1) is 52.9 Å². The van der Waals surface area contributed by atoms with Crippen molar-refractivity contribution >= 4 is 53.7 Å². The number of halogens is 14. The molecular weight excluding hydrogens is 1400 g/mol. The minimum absolute atomic E-state index is 0.0231. The van der Waals surface area contributed by atoms with Crippen LogP contribution in [0.4, 0.5) is 61.5 Å². The summed E-state index contributed by atoms with van der Waals surface area (Å²) in [5.41, 5.74) is 0. The van der Waals surface area contributed by atoms with Crippen LogP contribution in [0.5, 0.6) is 0 Å². The van der Waals surface area contributed by atoms with Crippen molar-refractivity contribution in [2.45, 2.75) is 236 Å². The summed E-state index contributed by atoms with van der Waals surface area (Å²) in [5, 5.41) is 27.0. The SMILES string of the molecule is CC(=O)OC(C)(O)OCCC(C)(F)F.CC(=O)OC(C)(OCCC(C)(F)F)OC(C)=O.CC(=O)OC(C)OCCC(C)(F)F.CC(=O)OCC(COC(C)(F)F)OC(C)=O.CC(=O)OCC(O)COC(C)(F)F.CC(=O)OCC(O)COC(C)(F)F.CC(=O)OCCOCCC(C)(F)F. The number of hydrogen-bond acceptors (Lipinski definition) is 28. The number of alkyl halides is 14. The van der Waals surface area contributed by atoms with E-state index in [4.69, 9.17) is 24.4 Å². The highest BCUT2D eigenvalue weighted by Crippen LogP contribution is 2.23. The van der Waals surface area contributed by atoms with E-state index in [0.717, 1.165) is 90.0 Å². The van der Waals surface area contributed by atoms with Gasteiger partial charge in [-0.1, -0.05) is 0 Å². The minimum atomic E-state index is -3.32. The van der Waals surface area contributed by atoms with Crippen molar-refractivity contribution in [2.24, 2.45) is 0 Å². The zero-order chi connectivity index (χ0) is 79.6. The Kier molecular flexibility index (Phi) is 57.6. The Balaban J connectivity index is -0.000000200. The van der Waals surface area contributed by atoms with E-state index < -0.39 is 178 Å². The van der Waals surface area contributed by atoms with Gasteiger partial charge in [-0.05, 0) is 34.6 Å². The fraction of sp³-hybridized carbons (Fsp3) is 0.842. The lowest BCUT2D eigenvalue weighted by atomic mass is 10.3. The normalized spacial score (nSPS) is 13.5. The summed E-state index contributed by atoms with van der Waals surface area (Å²) in [6.07, 6.45) is -16.0. The van der Waals surface area contributed by atoms with Gasteiger partial charge in [0.15, 0.2) is 12.4 Å². The van der Waals surface area contributed by atoms with Crippen LogP contribution < -0.4 is 0 Å². The Bertz CT molecular complexity index is 2180. The summed E-state index contributed by atoms with van der Waals surface area (Å²) in [6.45, 7) is 15.4. The zero-order valence-electron chi connectivity index (χ0n) is 58.5. The third-order valence-electron chi connectivity index (χ3n) is 8.60. The molecule has 0 aromatic heterocycles. The third-order valence-corrected chi connectivity index (χ3v) is 8.60. The second-order valence-corrected chi connectivity index (χ2v) is 20.8. The Morgan fingerprint density at radius 1 is 0.333 bits per heavy atom. The van der Waals surface area contributed by atoms with E-state index in [1.54, 1.807) is 0 Å². The maximum absolute atomic E-state index is 12.5. The van der Waals surface area contributed by atoms with Gasteiger partial charge in [0.25, 0.3) is 0 Å². The van der Waals surface area contributed by atoms with Crippen LogP contribution in [0.15, 0.2) is 0 Å². The molecule has 0 aromatic carbocycles. The van der Waals surface area contributed by atoms with Crippen LogP contribution in [0.1, 0.15) is 157 Å². The van der Waals surface area contributed by atoms with E-state index in [-0.39, 0.29) is 59.1 Å². The van der Waals surface area contributed by atoms with E-state index in [9.17, 15) is 110 Å². The summed E-state index contributed by atoms with van der Waals surface area (Å²) < 4.78 is 243. The lowest BCUT2D eigenvalue weighted by molar-refractivity contribution is -0.336. The molecule has 0 bridgehead atoms. The minimum Gasteiger partial charge on any atom is -0.463 e. The number of esters is 9. The molecule has 0 saturated carbocycles. The number of carbonyl (C=O) groups excluding carboxylic acids is 9. The van der Waals surface area contributed by atoms with Gasteiger partial charge in [0.2, 0.25) is 23.7 Å². The third kappa shape index (κ3) is 108. The molecule has 590 valence electrons. The molecular formula is C57H96F14O28. The molecule has 0 heterocycles. The smallest absolute Gasteiger partial charge is 0.372 e. The summed E-state index contributed by atoms with van der Waals surface area (Å²) in [6, 6.07) is 0. The largest absolute Gasteiger partial charge is 0.463 e. The molecule has 0 aliphatic carbocycles. The standard InChI is InChI=1S/C10H16F2O5.C9H14F2O5.C8H14F2O4.2C8H14F2O3.2C7H12F2O4/c1-7(13)16-10(4,17-8(2)14)15-6-5-9(3,11)12;1-6(12)14-4-8(16-7(2)13)5-15-9(3,10)11;1-6(11)14-8(3,12)13-5-4-7(2,9)10;1-6(11)13-7(2)12-5-4-8(3,9)10;1-7(11)13-6-5-12-4-3-8(2,9)10;2*1-5(10)12-3-6(11)4-13-7(2,8)9/h5-6H2,1-4H3;8H,4-5H2,1-3H3;12H,4-5H2,1-3H3;7H,4-5H2,1-3H3;3-6H2,1-2H3;2*6,11H,3-4H2,1-2H3. The average molecular weight is 1500 g/mol. The van der Waals surface area contributed by atoms with Crippen LogP contribution in [0.2, 0.25) is 0 Å². The van der Waals surface area contributed by atoms with Crippen molar-refractivity contribution in [3.05, 3.63) is 0 Å². The molecule has 0 aliphatic heterocycles. The van der Waals surface area contributed by atoms with Gasteiger partial charge in [-0.25, -0.2) is 35.1 Å². The Hall–Kier alpha value is -6.15. The Morgan fingerprint density at radius 2 is 0.646 bits per heavy atom. The fourth-order valence-electron chi connectivity index (χ4n) is 4.81. The van der Waals surface area contributed by atoms with Crippen molar-refractivity contribution in [3.8, 4) is 0 Å². The lowest BCUT2D eigenvalue weighted by Gasteiger charge is -2.27. The van der Waals surface area contributed by atoms with Crippen LogP contribution >= 0.6 is 0 Å². The van der Waals surface area contributed by atoms with Crippen LogP contribution in [0.25, 0.3) is 0 Å². The van der Waals surface area contributed by atoms with E-state index in [0.29, 0.717) is 20.8 Å². The Morgan fingerprint density at radius 3 is 0.960 bits per heavy atom. The zero-order valence-corrected chi connectivity index (χ0v) is 58.5. The van der Waals surface area contributed by atoms with Gasteiger partial charge in [-0.2, -0.15) is 26.3 Å². The second-order valence-electron chi connectivity index (χ2n) is 20.8. The molecule has 5 unspecified atom stereocenters. The summed E-state index contributed by atoms with van der Waals surface area (Å²) >= 11 is 0. The molecule has 0 fully saturated rings. The van der Waals surface area contributed by atoms with Crippen LogP contribution in [-0.2, 0) is 119 Å². The summed E-state index contributed by atoms with van der Waals surface area (Å²) in [5.74, 6) is -20.9. The van der Waals surface area contributed by atoms with Crippen LogP contribution in [0, 0.1) is 0 Å². The predicted molar refractivity (Wildman–Crippen MR) is 309 cm³/mol. The van der Waals surface area contributed by atoms with Crippen molar-refractivity contribution in [1.82, 2.24) is 0 Å². The number of hydrogen-bond donors (Lipinski definition) is 3. The predicted octanol–water partition coefficient (Wildman–Crippen LogP) is 8.88. The first-order valence-corrected chi connectivity index (χ1v) is 28.8. The second kappa shape index (κ2) is 53.7. The van der Waals surface area contributed by atoms with E-state index in [2.05, 4.69) is 61.6 Å². The fourth-order valence-corrected chi connectivity index (χ4v) is 4.81. The Labute approximate surface area is 563 Å². The molecule has 3 N–H and O–H groups in total. The van der Waals surface area contributed by atoms with Gasteiger partial charge in [-0.3, -0.25) is 43.2 Å². The average Bonchev–Trinajstić information content (AvgIpc) is 0.889. The van der Waals surface area contributed by atoms with Gasteiger partial charge in [0, 0.05) is 123 Å². The van der Waals surface area contributed by atoms with E-state index in [1.165, 1.54) is 20.8 Å². The molecule has 5 atom stereocenters. The first kappa shape index (κ1) is 106. The molecule has 0 spiro atoms. The molecule has 0 amide bonds. The monoisotopic (exact) mass is 1490 g/mol. The number of aliphatic hydroxyl groups is 3. The molecule has 0 radical (unpaired) electrons. The lowest BCUT2D eigenvalue weighted by Crippen LogP contribution is -2.39. The molecule has 28 nitrogen and oxygen atoms in total. The summed E-state index contributed by atoms with van der Waals surface area (Å²) in [4.78, 5) is 94.1. The first-order chi connectivity index (χ1) is 44.2. The van der Waals surface area contributed by atoms with Gasteiger partial charge < -0.3 is 91.1 Å². The number of carbonyl (C=O) groups is 9. The molecule has 0 aliphatic rings. The highest BCUT2D eigenvalue weighted by atomic mass is 19.3. The maximum atomic E-state index is 12.5. The van der Waals surface area contributed by atoms with Crippen molar-refractivity contribution in [3.63, 3.8) is 0 Å². The molecule has 0 rings (SSSR count). The molecule has 0 aromatic rings. The topological polar surface area (TPSA) is 362 Å². The van der Waals surface area contributed by atoms with Gasteiger partial charge in [-0.15, -0.1) is 0 Å². The summed E-state index contributed by atoms with van der Waals surface area (Å²) in [7, 11) is 0. The number of ether oxygens (including phenoxy) is 16. The number of rotatable bonds is 38. The highest BCUT2D eigenvalue weighted by Gasteiger charge is 2.35. The first-order valence-electron chi connectivity index (χ1n) is 28.8. The van der Waals surface area contributed by atoms with Gasteiger partial charge in [0.1, 0.15) is 38.6 Å².